The van der Waals surface area contributed by atoms with E-state index < -0.39 is 9.84 Å². The zero-order chi connectivity index (χ0) is 17.9. The molecule has 6 nitrogen and oxygen atoms in total. The van der Waals surface area contributed by atoms with Gasteiger partial charge in [0.15, 0.2) is 9.84 Å². The third kappa shape index (κ3) is 5.03. The van der Waals surface area contributed by atoms with Crippen LogP contribution in [0.3, 0.4) is 0 Å². The van der Waals surface area contributed by atoms with E-state index in [9.17, 15) is 13.2 Å². The van der Waals surface area contributed by atoms with Gasteiger partial charge in [0, 0.05) is 37.8 Å². The second-order valence-corrected chi connectivity index (χ2v) is 9.48. The molecule has 2 unspecified atom stereocenters. The highest BCUT2D eigenvalue weighted by molar-refractivity contribution is 7.91. The van der Waals surface area contributed by atoms with E-state index in [2.05, 4.69) is 22.5 Å². The first-order valence-electron chi connectivity index (χ1n) is 8.96. The van der Waals surface area contributed by atoms with Crippen LogP contribution in [-0.2, 0) is 16.4 Å². The molecule has 0 saturated carbocycles. The van der Waals surface area contributed by atoms with Crippen LogP contribution in [0.15, 0.2) is 24.3 Å². The lowest BCUT2D eigenvalue weighted by Gasteiger charge is -2.30. The van der Waals surface area contributed by atoms with E-state index in [4.69, 9.17) is 0 Å². The summed E-state index contributed by atoms with van der Waals surface area (Å²) >= 11 is 0. The van der Waals surface area contributed by atoms with Crippen molar-refractivity contribution in [2.75, 3.05) is 37.7 Å². The molecule has 25 heavy (non-hydrogen) atoms. The smallest absolute Gasteiger partial charge is 0.251 e. The molecular formula is C18H27N3O3S. The van der Waals surface area contributed by atoms with Crippen LogP contribution in [0.5, 0.6) is 0 Å². The standard InChI is InChI=1S/C18H27N3O3S/c1-14-5-6-19-12-17(14)20-18(22)16-4-2-3-15(11-16)13-21-7-9-25(23,24)10-8-21/h2-4,11,14,17,19H,5-10,12-13H2,1H3,(H,20,22). The fourth-order valence-corrected chi connectivity index (χ4v) is 4.69. The van der Waals surface area contributed by atoms with E-state index >= 15 is 0 Å². The molecule has 2 aliphatic heterocycles. The lowest BCUT2D eigenvalue weighted by molar-refractivity contribution is 0.0915. The fraction of sp³-hybridized carbons (Fsp3) is 0.611. The molecule has 1 aromatic rings. The average molecular weight is 365 g/mol. The third-order valence-corrected chi connectivity index (χ3v) is 6.79. The number of rotatable bonds is 4. The molecule has 2 saturated heterocycles. The minimum atomic E-state index is -2.86. The van der Waals surface area contributed by atoms with E-state index in [0.717, 1.165) is 25.1 Å². The highest BCUT2D eigenvalue weighted by Crippen LogP contribution is 2.14. The number of nitrogens with one attached hydrogen (secondary N) is 2. The van der Waals surface area contributed by atoms with Crippen molar-refractivity contribution in [3.8, 4) is 0 Å². The van der Waals surface area contributed by atoms with Gasteiger partial charge in [-0.2, -0.15) is 0 Å². The Balaban J connectivity index is 1.60. The van der Waals surface area contributed by atoms with Gasteiger partial charge in [0.2, 0.25) is 0 Å². The number of sulfone groups is 1. The number of benzene rings is 1. The first-order chi connectivity index (χ1) is 11.9. The quantitative estimate of drug-likeness (QED) is 0.819. The van der Waals surface area contributed by atoms with Crippen molar-refractivity contribution in [3.05, 3.63) is 35.4 Å². The summed E-state index contributed by atoms with van der Waals surface area (Å²) in [6.07, 6.45) is 1.07. The molecular weight excluding hydrogens is 338 g/mol. The van der Waals surface area contributed by atoms with Crippen LogP contribution in [0.4, 0.5) is 0 Å². The molecule has 2 N–H and O–H groups in total. The van der Waals surface area contributed by atoms with Crippen molar-refractivity contribution in [1.82, 2.24) is 15.5 Å². The minimum Gasteiger partial charge on any atom is -0.348 e. The monoisotopic (exact) mass is 365 g/mol. The number of hydrogen-bond acceptors (Lipinski definition) is 5. The highest BCUT2D eigenvalue weighted by atomic mass is 32.2. The highest BCUT2D eigenvalue weighted by Gasteiger charge is 2.24. The number of carbonyl (C=O) groups is 1. The van der Waals surface area contributed by atoms with Crippen LogP contribution in [0.25, 0.3) is 0 Å². The van der Waals surface area contributed by atoms with Crippen LogP contribution >= 0.6 is 0 Å². The van der Waals surface area contributed by atoms with Gasteiger partial charge in [-0.15, -0.1) is 0 Å². The largest absolute Gasteiger partial charge is 0.348 e. The maximum atomic E-state index is 12.6. The Morgan fingerprint density at radius 2 is 2.08 bits per heavy atom. The van der Waals surface area contributed by atoms with Gasteiger partial charge in [0.25, 0.3) is 5.91 Å². The number of nitrogens with zero attached hydrogens (tertiary/aromatic N) is 1. The van der Waals surface area contributed by atoms with Crippen molar-refractivity contribution >= 4 is 15.7 Å². The first kappa shape index (κ1) is 18.4. The van der Waals surface area contributed by atoms with Gasteiger partial charge in [0.1, 0.15) is 0 Å². The molecule has 0 bridgehead atoms. The topological polar surface area (TPSA) is 78.5 Å². The summed E-state index contributed by atoms with van der Waals surface area (Å²) in [7, 11) is -2.86. The molecule has 2 fully saturated rings. The van der Waals surface area contributed by atoms with Crippen LogP contribution in [0.2, 0.25) is 0 Å². The summed E-state index contributed by atoms with van der Waals surface area (Å²) in [5, 5.41) is 6.46. The van der Waals surface area contributed by atoms with E-state index in [1.165, 1.54) is 0 Å². The van der Waals surface area contributed by atoms with Crippen LogP contribution in [-0.4, -0.2) is 63.0 Å². The predicted octanol–water partition coefficient (Wildman–Crippen LogP) is 0.645. The second-order valence-electron chi connectivity index (χ2n) is 7.18. The summed E-state index contributed by atoms with van der Waals surface area (Å²) in [4.78, 5) is 14.7. The third-order valence-electron chi connectivity index (χ3n) is 5.18. The zero-order valence-electron chi connectivity index (χ0n) is 14.7. The Bertz CT molecular complexity index is 706. The van der Waals surface area contributed by atoms with Crippen molar-refractivity contribution < 1.29 is 13.2 Å². The maximum Gasteiger partial charge on any atom is 0.251 e. The average Bonchev–Trinajstić information content (AvgIpc) is 2.59. The number of amides is 1. The lowest BCUT2D eigenvalue weighted by Crippen LogP contribution is -2.50. The molecule has 2 atom stereocenters. The van der Waals surface area contributed by atoms with Gasteiger partial charge in [-0.05, 0) is 36.6 Å². The molecule has 2 aliphatic rings. The van der Waals surface area contributed by atoms with Crippen molar-refractivity contribution in [2.24, 2.45) is 5.92 Å². The summed E-state index contributed by atoms with van der Waals surface area (Å²) in [6, 6.07) is 7.80. The molecule has 1 aromatic carbocycles. The normalized spacial score (nSPS) is 26.9. The molecule has 138 valence electrons. The Morgan fingerprint density at radius 1 is 1.32 bits per heavy atom. The Hall–Kier alpha value is -1.44. The number of piperidine rings is 1. The van der Waals surface area contributed by atoms with Crippen LogP contribution in [0.1, 0.15) is 29.3 Å². The molecule has 1 amide bonds. The number of hydrogen-bond donors (Lipinski definition) is 2. The van der Waals surface area contributed by atoms with Crippen molar-refractivity contribution in [1.29, 1.82) is 0 Å². The fourth-order valence-electron chi connectivity index (χ4n) is 3.41. The zero-order valence-corrected chi connectivity index (χ0v) is 15.5. The lowest BCUT2D eigenvalue weighted by atomic mass is 9.94. The molecule has 0 radical (unpaired) electrons. The van der Waals surface area contributed by atoms with Crippen LogP contribution in [0, 0.1) is 5.92 Å². The summed E-state index contributed by atoms with van der Waals surface area (Å²) < 4.78 is 23.0. The summed E-state index contributed by atoms with van der Waals surface area (Å²) in [6.45, 7) is 5.79. The predicted molar refractivity (Wildman–Crippen MR) is 98.3 cm³/mol. The van der Waals surface area contributed by atoms with E-state index in [-0.39, 0.29) is 23.5 Å². The molecule has 0 spiro atoms. The van der Waals surface area contributed by atoms with Gasteiger partial charge < -0.3 is 10.6 Å². The number of carbonyl (C=O) groups excluding carboxylic acids is 1. The Kier molecular flexibility index (Phi) is 5.76. The van der Waals surface area contributed by atoms with Gasteiger partial charge >= 0.3 is 0 Å². The molecule has 0 aromatic heterocycles. The van der Waals surface area contributed by atoms with E-state index in [1.54, 1.807) is 0 Å². The van der Waals surface area contributed by atoms with Crippen molar-refractivity contribution in [3.63, 3.8) is 0 Å². The molecule has 2 heterocycles. The van der Waals surface area contributed by atoms with Crippen molar-refractivity contribution in [2.45, 2.75) is 25.9 Å². The maximum absolute atomic E-state index is 12.6. The van der Waals surface area contributed by atoms with E-state index in [0.29, 0.717) is 31.1 Å². The molecule has 3 rings (SSSR count). The Morgan fingerprint density at radius 3 is 2.80 bits per heavy atom. The minimum absolute atomic E-state index is 0.0383. The van der Waals surface area contributed by atoms with Gasteiger partial charge in [-0.1, -0.05) is 19.1 Å². The Labute approximate surface area is 149 Å². The summed E-state index contributed by atoms with van der Waals surface area (Å²) in [5.74, 6) is 0.881. The first-order valence-corrected chi connectivity index (χ1v) is 10.8. The van der Waals surface area contributed by atoms with E-state index in [1.807, 2.05) is 24.3 Å². The summed E-state index contributed by atoms with van der Waals surface area (Å²) in [5.41, 5.74) is 1.71. The van der Waals surface area contributed by atoms with Gasteiger partial charge in [-0.3, -0.25) is 9.69 Å². The van der Waals surface area contributed by atoms with Gasteiger partial charge in [0.05, 0.1) is 11.5 Å². The van der Waals surface area contributed by atoms with Crippen LogP contribution < -0.4 is 10.6 Å². The SMILES string of the molecule is CC1CCNCC1NC(=O)c1cccc(CN2CCS(=O)(=O)CC2)c1. The molecule has 0 aliphatic carbocycles. The van der Waals surface area contributed by atoms with Gasteiger partial charge in [-0.25, -0.2) is 8.42 Å². The molecule has 7 heteroatoms. The second kappa shape index (κ2) is 7.85.